The van der Waals surface area contributed by atoms with Crippen molar-refractivity contribution in [3.05, 3.63) is 45.8 Å². The van der Waals surface area contributed by atoms with Crippen molar-refractivity contribution >= 4 is 46.5 Å². The van der Waals surface area contributed by atoms with Gasteiger partial charge in [-0.25, -0.2) is 4.98 Å². The number of aliphatic hydroxyl groups excluding tert-OH is 1. The van der Waals surface area contributed by atoms with Crippen LogP contribution in [0.3, 0.4) is 0 Å². The van der Waals surface area contributed by atoms with Gasteiger partial charge in [-0.05, 0) is 24.3 Å². The number of nitrogens with zero attached hydrogens (tertiary/aromatic N) is 1. The zero-order valence-corrected chi connectivity index (χ0v) is 10.0. The molecule has 5 heteroatoms. The summed E-state index contributed by atoms with van der Waals surface area (Å²) in [6.45, 7) is 0. The van der Waals surface area contributed by atoms with E-state index < -0.39 is 0 Å². The van der Waals surface area contributed by atoms with Crippen LogP contribution in [0.5, 0.6) is 0 Å². The molecule has 0 saturated heterocycles. The summed E-state index contributed by atoms with van der Waals surface area (Å²) >= 11 is 12.0. The van der Waals surface area contributed by atoms with Gasteiger partial charge in [0.2, 0.25) is 0 Å². The number of benzene rings is 1. The number of halogens is 2. The first kappa shape index (κ1) is 11.9. The van der Waals surface area contributed by atoms with Crippen molar-refractivity contribution in [2.75, 3.05) is 0 Å². The lowest BCUT2D eigenvalue weighted by atomic mass is 10.1. The van der Waals surface area contributed by atoms with Crippen molar-refractivity contribution in [1.29, 1.82) is 0 Å². The number of carbonyl (C=O) groups excluding carboxylic acids is 1. The number of aliphatic hydroxyl groups is 1. The van der Waals surface area contributed by atoms with E-state index in [2.05, 4.69) is 4.98 Å². The molecule has 0 bridgehead atoms. The van der Waals surface area contributed by atoms with Crippen LogP contribution in [0.25, 0.3) is 17.0 Å². The van der Waals surface area contributed by atoms with Crippen molar-refractivity contribution in [2.24, 2.45) is 0 Å². The number of fused-ring (bicyclic) bond motifs is 1. The van der Waals surface area contributed by atoms with Crippen LogP contribution < -0.4 is 0 Å². The van der Waals surface area contributed by atoms with Gasteiger partial charge in [0.25, 0.3) is 0 Å². The molecule has 0 unspecified atom stereocenters. The SMILES string of the molecule is O=Cc1c(/C=C/O)nc2ccc(Cl)cc2c1Cl. The molecule has 0 radical (unpaired) electrons. The number of pyridine rings is 1. The summed E-state index contributed by atoms with van der Waals surface area (Å²) in [5, 5.41) is 10.1. The third-order valence-corrected chi connectivity index (χ3v) is 2.94. The maximum atomic E-state index is 11.0. The molecule has 2 rings (SSSR count). The molecule has 1 aromatic carbocycles. The highest BCUT2D eigenvalue weighted by Crippen LogP contribution is 2.29. The lowest BCUT2D eigenvalue weighted by molar-refractivity contribution is 0.112. The molecule has 0 aliphatic rings. The minimum absolute atomic E-state index is 0.228. The third kappa shape index (κ3) is 2.12. The van der Waals surface area contributed by atoms with Crippen LogP contribution >= 0.6 is 23.2 Å². The molecular weight excluding hydrogens is 261 g/mol. The molecule has 86 valence electrons. The zero-order chi connectivity index (χ0) is 12.4. The number of aldehydes is 1. The van der Waals surface area contributed by atoms with Gasteiger partial charge in [-0.3, -0.25) is 4.79 Å². The van der Waals surface area contributed by atoms with Gasteiger partial charge in [0, 0.05) is 10.4 Å². The number of carbonyl (C=O) groups is 1. The first-order valence-electron chi connectivity index (χ1n) is 4.72. The van der Waals surface area contributed by atoms with E-state index in [1.54, 1.807) is 18.2 Å². The van der Waals surface area contributed by atoms with Crippen molar-refractivity contribution in [2.45, 2.75) is 0 Å². The van der Waals surface area contributed by atoms with E-state index in [1.807, 2.05) is 0 Å². The molecule has 0 atom stereocenters. The Morgan fingerprint density at radius 2 is 2.06 bits per heavy atom. The summed E-state index contributed by atoms with van der Waals surface area (Å²) in [5.74, 6) is 0. The van der Waals surface area contributed by atoms with Gasteiger partial charge in [0.15, 0.2) is 6.29 Å². The van der Waals surface area contributed by atoms with Crippen LogP contribution in [-0.4, -0.2) is 16.4 Å². The number of rotatable bonds is 2. The quantitative estimate of drug-likeness (QED) is 0.664. The molecule has 0 saturated carbocycles. The van der Waals surface area contributed by atoms with Crippen LogP contribution in [-0.2, 0) is 0 Å². The fourth-order valence-corrected chi connectivity index (χ4v) is 2.00. The molecule has 0 aliphatic heterocycles. The normalized spacial score (nSPS) is 11.2. The fraction of sp³-hybridized carbons (Fsp3) is 0. The highest BCUT2D eigenvalue weighted by Gasteiger charge is 2.11. The van der Waals surface area contributed by atoms with Gasteiger partial charge < -0.3 is 5.11 Å². The molecule has 2 aromatic rings. The van der Waals surface area contributed by atoms with Crippen LogP contribution in [0.2, 0.25) is 10.0 Å². The van der Waals surface area contributed by atoms with Gasteiger partial charge in [-0.1, -0.05) is 23.2 Å². The Bertz CT molecular complexity index is 623. The Balaban J connectivity index is 2.87. The second-order valence-corrected chi connectivity index (χ2v) is 4.13. The lowest BCUT2D eigenvalue weighted by Gasteiger charge is -2.06. The van der Waals surface area contributed by atoms with Crippen molar-refractivity contribution in [1.82, 2.24) is 4.98 Å². The van der Waals surface area contributed by atoms with Crippen LogP contribution in [0.1, 0.15) is 16.1 Å². The standard InChI is InChI=1S/C12H7Cl2NO2/c13-7-1-2-10-8(5-7)12(14)9(6-17)11(15-10)3-4-16/h1-6,16H/b4-3+. The van der Waals surface area contributed by atoms with E-state index in [0.717, 1.165) is 6.26 Å². The summed E-state index contributed by atoms with van der Waals surface area (Å²) in [6, 6.07) is 5.03. The molecule has 17 heavy (non-hydrogen) atoms. The second kappa shape index (κ2) is 4.73. The predicted octanol–water partition coefficient (Wildman–Crippen LogP) is 3.88. The molecule has 3 nitrogen and oxygen atoms in total. The van der Waals surface area contributed by atoms with E-state index >= 15 is 0 Å². The van der Waals surface area contributed by atoms with E-state index in [-0.39, 0.29) is 10.6 Å². The van der Waals surface area contributed by atoms with Crippen LogP contribution in [0.4, 0.5) is 0 Å². The summed E-state index contributed by atoms with van der Waals surface area (Å²) < 4.78 is 0. The third-order valence-electron chi connectivity index (χ3n) is 2.30. The van der Waals surface area contributed by atoms with Crippen molar-refractivity contribution in [3.63, 3.8) is 0 Å². The molecule has 0 amide bonds. The van der Waals surface area contributed by atoms with Crippen LogP contribution in [0, 0.1) is 0 Å². The molecule has 0 fully saturated rings. The smallest absolute Gasteiger partial charge is 0.153 e. The van der Waals surface area contributed by atoms with Crippen molar-refractivity contribution < 1.29 is 9.90 Å². The van der Waals surface area contributed by atoms with E-state index in [4.69, 9.17) is 28.3 Å². The van der Waals surface area contributed by atoms with Gasteiger partial charge in [-0.2, -0.15) is 0 Å². The topological polar surface area (TPSA) is 50.2 Å². The molecule has 1 heterocycles. The number of hydrogen-bond acceptors (Lipinski definition) is 3. The highest BCUT2D eigenvalue weighted by molar-refractivity contribution is 6.39. The number of aromatic nitrogens is 1. The summed E-state index contributed by atoms with van der Waals surface area (Å²) in [4.78, 5) is 15.2. The fourth-order valence-electron chi connectivity index (χ4n) is 1.54. The Labute approximate surface area is 107 Å². The summed E-state index contributed by atoms with van der Waals surface area (Å²) in [5.41, 5.74) is 1.16. The van der Waals surface area contributed by atoms with E-state index in [1.165, 1.54) is 6.08 Å². The predicted molar refractivity (Wildman–Crippen MR) is 68.8 cm³/mol. The maximum Gasteiger partial charge on any atom is 0.153 e. The van der Waals surface area contributed by atoms with Crippen molar-refractivity contribution in [3.8, 4) is 0 Å². The van der Waals surface area contributed by atoms with Gasteiger partial charge in [0.05, 0.1) is 28.1 Å². The second-order valence-electron chi connectivity index (χ2n) is 3.32. The average Bonchev–Trinajstić information content (AvgIpc) is 2.31. The Kier molecular flexibility index (Phi) is 3.31. The molecule has 0 aliphatic carbocycles. The maximum absolute atomic E-state index is 11.0. The monoisotopic (exact) mass is 267 g/mol. The minimum Gasteiger partial charge on any atom is -0.516 e. The summed E-state index contributed by atoms with van der Waals surface area (Å²) in [6.07, 6.45) is 2.72. The lowest BCUT2D eigenvalue weighted by Crippen LogP contribution is -1.94. The van der Waals surface area contributed by atoms with Crippen LogP contribution in [0.15, 0.2) is 24.5 Å². The van der Waals surface area contributed by atoms with Gasteiger partial charge >= 0.3 is 0 Å². The van der Waals surface area contributed by atoms with Gasteiger partial charge in [0.1, 0.15) is 0 Å². The van der Waals surface area contributed by atoms with E-state index in [9.17, 15) is 4.79 Å². The Morgan fingerprint density at radius 1 is 1.29 bits per heavy atom. The van der Waals surface area contributed by atoms with E-state index in [0.29, 0.717) is 27.9 Å². The highest BCUT2D eigenvalue weighted by atomic mass is 35.5. The summed E-state index contributed by atoms with van der Waals surface area (Å²) in [7, 11) is 0. The largest absolute Gasteiger partial charge is 0.516 e. The molecule has 1 aromatic heterocycles. The number of hydrogen-bond donors (Lipinski definition) is 1. The Morgan fingerprint density at radius 3 is 2.71 bits per heavy atom. The first-order valence-corrected chi connectivity index (χ1v) is 5.47. The molecule has 1 N–H and O–H groups in total. The Hall–Kier alpha value is -1.58. The minimum atomic E-state index is 0.228. The van der Waals surface area contributed by atoms with Gasteiger partial charge in [-0.15, -0.1) is 0 Å². The molecular formula is C12H7Cl2NO2. The average molecular weight is 268 g/mol. The zero-order valence-electron chi connectivity index (χ0n) is 8.52. The first-order chi connectivity index (χ1) is 8.17. The molecule has 0 spiro atoms.